The molecular formula is C17H20ClF2N3O3. The molecule has 142 valence electrons. The molecule has 0 bridgehead atoms. The fourth-order valence-corrected chi connectivity index (χ4v) is 2.64. The predicted octanol–water partition coefficient (Wildman–Crippen LogP) is 3.83. The number of halogens is 3. The zero-order valence-electron chi connectivity index (χ0n) is 14.7. The maximum Gasteiger partial charge on any atom is 0.387 e. The van der Waals surface area contributed by atoms with Crippen LogP contribution >= 0.6 is 11.6 Å². The van der Waals surface area contributed by atoms with Crippen LogP contribution in [0.3, 0.4) is 0 Å². The van der Waals surface area contributed by atoms with Gasteiger partial charge in [0, 0.05) is 19.2 Å². The number of aryl methyl sites for hydroxylation is 1. The molecule has 1 aromatic heterocycles. The number of nitrogens with zero attached hydrogens (tertiary/aromatic N) is 3. The maximum atomic E-state index is 12.7. The van der Waals surface area contributed by atoms with Crippen molar-refractivity contribution in [3.8, 4) is 11.5 Å². The van der Waals surface area contributed by atoms with Gasteiger partial charge >= 0.3 is 6.61 Å². The molecule has 6 nitrogen and oxygen atoms in total. The van der Waals surface area contributed by atoms with E-state index in [1.165, 1.54) is 29.3 Å². The Morgan fingerprint density at radius 1 is 1.35 bits per heavy atom. The summed E-state index contributed by atoms with van der Waals surface area (Å²) in [5, 5.41) is 4.61. The van der Waals surface area contributed by atoms with Crippen molar-refractivity contribution in [2.45, 2.75) is 33.5 Å². The molecule has 9 heteroatoms. The minimum absolute atomic E-state index is 0.0867. The van der Waals surface area contributed by atoms with Gasteiger partial charge in [0.1, 0.15) is 0 Å². The number of benzene rings is 1. The maximum absolute atomic E-state index is 12.7. The fourth-order valence-electron chi connectivity index (χ4n) is 2.44. The van der Waals surface area contributed by atoms with E-state index in [0.29, 0.717) is 17.3 Å². The van der Waals surface area contributed by atoms with Gasteiger partial charge in [0.2, 0.25) is 0 Å². The van der Waals surface area contributed by atoms with E-state index in [1.807, 2.05) is 6.92 Å². The third-order valence-corrected chi connectivity index (χ3v) is 3.95. The summed E-state index contributed by atoms with van der Waals surface area (Å²) in [7, 11) is 1.62. The lowest BCUT2D eigenvalue weighted by Gasteiger charge is -2.19. The van der Waals surface area contributed by atoms with Crippen molar-refractivity contribution >= 4 is 17.5 Å². The molecule has 1 amide bonds. The van der Waals surface area contributed by atoms with Crippen molar-refractivity contribution in [1.29, 1.82) is 0 Å². The molecule has 0 saturated carbocycles. The SMILES string of the molecule is CCOc1cc(C(=O)N(C)Cc2c(Cl)cnn2CC)ccc1OC(F)F. The number of amides is 1. The number of hydrogen-bond acceptors (Lipinski definition) is 4. The lowest BCUT2D eigenvalue weighted by Crippen LogP contribution is -2.27. The van der Waals surface area contributed by atoms with E-state index < -0.39 is 6.61 Å². The molecule has 0 spiro atoms. The van der Waals surface area contributed by atoms with E-state index in [0.717, 1.165) is 0 Å². The second kappa shape index (κ2) is 8.84. The zero-order valence-corrected chi connectivity index (χ0v) is 15.5. The Labute approximate surface area is 155 Å². The van der Waals surface area contributed by atoms with Crippen LogP contribution in [0.2, 0.25) is 5.02 Å². The highest BCUT2D eigenvalue weighted by molar-refractivity contribution is 6.31. The Morgan fingerprint density at radius 3 is 2.69 bits per heavy atom. The normalized spacial score (nSPS) is 10.9. The molecule has 0 unspecified atom stereocenters. The Balaban J connectivity index is 2.22. The molecule has 0 aliphatic carbocycles. The van der Waals surface area contributed by atoms with Crippen LogP contribution in [-0.2, 0) is 13.1 Å². The standard InChI is InChI=1S/C17H20ClF2N3O3/c1-4-23-13(12(18)9-21-23)10-22(3)16(24)11-6-7-14(26-17(19)20)15(8-11)25-5-2/h6-9,17H,4-5,10H2,1-3H3. The van der Waals surface area contributed by atoms with Crippen LogP contribution in [0, 0.1) is 0 Å². The minimum Gasteiger partial charge on any atom is -0.490 e. The molecular weight excluding hydrogens is 368 g/mol. The molecule has 1 aromatic carbocycles. The molecule has 26 heavy (non-hydrogen) atoms. The van der Waals surface area contributed by atoms with E-state index in [2.05, 4.69) is 9.84 Å². The molecule has 0 atom stereocenters. The predicted molar refractivity (Wildman–Crippen MR) is 93.0 cm³/mol. The summed E-state index contributed by atoms with van der Waals surface area (Å²) < 4.78 is 36.4. The van der Waals surface area contributed by atoms with E-state index in [4.69, 9.17) is 16.3 Å². The summed E-state index contributed by atoms with van der Waals surface area (Å²) in [6.07, 6.45) is 1.53. The van der Waals surface area contributed by atoms with Gasteiger partial charge in [-0.05, 0) is 32.0 Å². The number of aromatic nitrogens is 2. The summed E-state index contributed by atoms with van der Waals surface area (Å²) in [5.41, 5.74) is 1.00. The third-order valence-electron chi connectivity index (χ3n) is 3.64. The molecule has 0 aliphatic heterocycles. The summed E-state index contributed by atoms with van der Waals surface area (Å²) in [6, 6.07) is 4.10. The topological polar surface area (TPSA) is 56.6 Å². The Morgan fingerprint density at radius 2 is 2.08 bits per heavy atom. The summed E-state index contributed by atoms with van der Waals surface area (Å²) in [5.74, 6) is -0.341. The highest BCUT2D eigenvalue weighted by Crippen LogP contribution is 2.30. The lowest BCUT2D eigenvalue weighted by atomic mass is 10.1. The van der Waals surface area contributed by atoms with Gasteiger partial charge in [-0.15, -0.1) is 0 Å². The first-order valence-corrected chi connectivity index (χ1v) is 8.42. The van der Waals surface area contributed by atoms with Crippen LogP contribution in [0.25, 0.3) is 0 Å². The largest absolute Gasteiger partial charge is 0.490 e. The molecule has 2 rings (SSSR count). The van der Waals surface area contributed by atoms with E-state index in [9.17, 15) is 13.6 Å². The molecule has 0 N–H and O–H groups in total. The molecule has 2 aromatic rings. The smallest absolute Gasteiger partial charge is 0.387 e. The monoisotopic (exact) mass is 387 g/mol. The highest BCUT2D eigenvalue weighted by atomic mass is 35.5. The van der Waals surface area contributed by atoms with Crippen LogP contribution in [-0.4, -0.2) is 40.9 Å². The fraction of sp³-hybridized carbons (Fsp3) is 0.412. The third kappa shape index (κ3) is 4.63. The Bertz CT molecular complexity index is 768. The first-order chi connectivity index (χ1) is 12.4. The lowest BCUT2D eigenvalue weighted by molar-refractivity contribution is -0.0514. The first-order valence-electron chi connectivity index (χ1n) is 8.04. The first kappa shape index (κ1) is 20.0. The van der Waals surface area contributed by atoms with Crippen LogP contribution < -0.4 is 9.47 Å². The number of carbonyl (C=O) groups excluding carboxylic acids is 1. The van der Waals surface area contributed by atoms with Crippen molar-refractivity contribution in [3.63, 3.8) is 0 Å². The van der Waals surface area contributed by atoms with Gasteiger partial charge in [-0.2, -0.15) is 13.9 Å². The van der Waals surface area contributed by atoms with Gasteiger partial charge in [0.15, 0.2) is 11.5 Å². The van der Waals surface area contributed by atoms with Crippen molar-refractivity contribution in [2.75, 3.05) is 13.7 Å². The van der Waals surface area contributed by atoms with Gasteiger partial charge in [-0.25, -0.2) is 0 Å². The summed E-state index contributed by atoms with van der Waals surface area (Å²) in [6.45, 7) is 1.78. The molecule has 1 heterocycles. The minimum atomic E-state index is -2.98. The van der Waals surface area contributed by atoms with Crippen LogP contribution in [0.15, 0.2) is 24.4 Å². The number of ether oxygens (including phenoxy) is 2. The molecule has 0 saturated heterocycles. The molecule has 0 fully saturated rings. The number of alkyl halides is 2. The van der Waals surface area contributed by atoms with Crippen LogP contribution in [0.4, 0.5) is 8.78 Å². The van der Waals surface area contributed by atoms with Crippen LogP contribution in [0.1, 0.15) is 29.9 Å². The van der Waals surface area contributed by atoms with Crippen molar-refractivity contribution in [2.24, 2.45) is 0 Å². The van der Waals surface area contributed by atoms with E-state index >= 15 is 0 Å². The average Bonchev–Trinajstić information content (AvgIpc) is 2.95. The van der Waals surface area contributed by atoms with E-state index in [1.54, 1.807) is 18.7 Å². The molecule has 0 radical (unpaired) electrons. The average molecular weight is 388 g/mol. The second-order valence-electron chi connectivity index (χ2n) is 5.39. The summed E-state index contributed by atoms with van der Waals surface area (Å²) >= 11 is 6.13. The van der Waals surface area contributed by atoms with Gasteiger partial charge in [0.05, 0.1) is 30.1 Å². The number of rotatable bonds is 8. The van der Waals surface area contributed by atoms with Crippen molar-refractivity contribution in [3.05, 3.63) is 40.7 Å². The number of hydrogen-bond donors (Lipinski definition) is 0. The van der Waals surface area contributed by atoms with Gasteiger partial charge in [-0.3, -0.25) is 9.48 Å². The van der Waals surface area contributed by atoms with Crippen LogP contribution in [0.5, 0.6) is 11.5 Å². The van der Waals surface area contributed by atoms with Crippen molar-refractivity contribution < 1.29 is 23.0 Å². The summed E-state index contributed by atoms with van der Waals surface area (Å²) in [4.78, 5) is 14.1. The quantitative estimate of drug-likeness (QED) is 0.690. The second-order valence-corrected chi connectivity index (χ2v) is 5.80. The molecule has 0 aliphatic rings. The van der Waals surface area contributed by atoms with E-state index in [-0.39, 0.29) is 36.1 Å². The van der Waals surface area contributed by atoms with Gasteiger partial charge in [-0.1, -0.05) is 11.6 Å². The van der Waals surface area contributed by atoms with Crippen molar-refractivity contribution in [1.82, 2.24) is 14.7 Å². The highest BCUT2D eigenvalue weighted by Gasteiger charge is 2.19. The Kier molecular flexibility index (Phi) is 6.79. The number of carbonyl (C=O) groups is 1. The van der Waals surface area contributed by atoms with Gasteiger partial charge < -0.3 is 14.4 Å². The Hall–Kier alpha value is -2.35. The zero-order chi connectivity index (χ0) is 19.3. The van der Waals surface area contributed by atoms with Gasteiger partial charge in [0.25, 0.3) is 5.91 Å².